The normalized spacial score (nSPS) is 18.8. The maximum atomic E-state index is 9.94. The standard InChI is InChI=1S/C11H14N4O/c1-2-11(16)7-14(8-11)9-4-6-15-10(13-9)3-5-12-15/h3-6,16H,2,7-8H2,1H3. The van der Waals surface area contributed by atoms with Crippen LogP contribution in [0.3, 0.4) is 0 Å². The highest BCUT2D eigenvalue weighted by Crippen LogP contribution is 2.28. The summed E-state index contributed by atoms with van der Waals surface area (Å²) in [5.41, 5.74) is 0.318. The van der Waals surface area contributed by atoms with Gasteiger partial charge in [-0.3, -0.25) is 0 Å². The Morgan fingerprint density at radius 3 is 3.00 bits per heavy atom. The molecule has 3 rings (SSSR count). The third kappa shape index (κ3) is 1.36. The van der Waals surface area contributed by atoms with Gasteiger partial charge >= 0.3 is 0 Å². The Labute approximate surface area is 93.3 Å². The second-order valence-corrected chi connectivity index (χ2v) is 4.35. The molecule has 1 saturated heterocycles. The summed E-state index contributed by atoms with van der Waals surface area (Å²) in [4.78, 5) is 6.55. The van der Waals surface area contributed by atoms with Crippen LogP contribution in [0.5, 0.6) is 0 Å². The van der Waals surface area contributed by atoms with E-state index in [0.717, 1.165) is 17.9 Å². The average molecular weight is 218 g/mol. The van der Waals surface area contributed by atoms with E-state index in [4.69, 9.17) is 0 Å². The molecule has 0 atom stereocenters. The van der Waals surface area contributed by atoms with Gasteiger partial charge in [0.15, 0.2) is 5.65 Å². The third-order valence-electron chi connectivity index (χ3n) is 3.20. The lowest BCUT2D eigenvalue weighted by Gasteiger charge is -2.46. The van der Waals surface area contributed by atoms with E-state index >= 15 is 0 Å². The molecule has 0 aliphatic carbocycles. The summed E-state index contributed by atoms with van der Waals surface area (Å²) < 4.78 is 1.73. The zero-order chi connectivity index (χ0) is 11.2. The van der Waals surface area contributed by atoms with E-state index in [2.05, 4.69) is 15.0 Å². The summed E-state index contributed by atoms with van der Waals surface area (Å²) in [5, 5.41) is 14.0. The minimum atomic E-state index is -0.520. The molecule has 0 bridgehead atoms. The molecule has 1 fully saturated rings. The average Bonchev–Trinajstić information content (AvgIpc) is 2.71. The van der Waals surface area contributed by atoms with Crippen LogP contribution in [0.4, 0.5) is 5.82 Å². The van der Waals surface area contributed by atoms with Crippen molar-refractivity contribution >= 4 is 11.5 Å². The lowest BCUT2D eigenvalue weighted by Crippen LogP contribution is -2.61. The first-order valence-electron chi connectivity index (χ1n) is 5.48. The molecule has 3 heterocycles. The highest BCUT2D eigenvalue weighted by Gasteiger charge is 2.40. The first kappa shape index (κ1) is 9.59. The Morgan fingerprint density at radius 2 is 2.25 bits per heavy atom. The topological polar surface area (TPSA) is 53.7 Å². The molecule has 0 amide bonds. The van der Waals surface area contributed by atoms with Crippen molar-refractivity contribution in [2.75, 3.05) is 18.0 Å². The minimum Gasteiger partial charge on any atom is -0.386 e. The second kappa shape index (κ2) is 3.18. The molecule has 0 spiro atoms. The molecule has 0 saturated carbocycles. The maximum absolute atomic E-state index is 9.94. The zero-order valence-corrected chi connectivity index (χ0v) is 9.17. The molecule has 2 aromatic rings. The smallest absolute Gasteiger partial charge is 0.157 e. The van der Waals surface area contributed by atoms with Crippen LogP contribution in [0, 0.1) is 0 Å². The van der Waals surface area contributed by atoms with Crippen LogP contribution in [-0.4, -0.2) is 38.4 Å². The molecule has 84 valence electrons. The van der Waals surface area contributed by atoms with Gasteiger partial charge in [-0.05, 0) is 12.5 Å². The van der Waals surface area contributed by atoms with Gasteiger partial charge in [0.25, 0.3) is 0 Å². The summed E-state index contributed by atoms with van der Waals surface area (Å²) in [6.45, 7) is 3.34. The minimum absolute atomic E-state index is 0.520. The zero-order valence-electron chi connectivity index (χ0n) is 9.17. The Balaban J connectivity index is 1.85. The van der Waals surface area contributed by atoms with Crippen LogP contribution in [-0.2, 0) is 0 Å². The Hall–Kier alpha value is -1.62. The van der Waals surface area contributed by atoms with Crippen molar-refractivity contribution in [3.05, 3.63) is 24.5 Å². The number of anilines is 1. The summed E-state index contributed by atoms with van der Waals surface area (Å²) in [6, 6.07) is 3.80. The second-order valence-electron chi connectivity index (χ2n) is 4.35. The molecule has 1 aliphatic heterocycles. The summed E-state index contributed by atoms with van der Waals surface area (Å²) >= 11 is 0. The van der Waals surface area contributed by atoms with Gasteiger partial charge < -0.3 is 10.0 Å². The van der Waals surface area contributed by atoms with E-state index in [-0.39, 0.29) is 0 Å². The van der Waals surface area contributed by atoms with Crippen LogP contribution in [0.25, 0.3) is 5.65 Å². The van der Waals surface area contributed by atoms with Crippen molar-refractivity contribution in [3.8, 4) is 0 Å². The fourth-order valence-electron chi connectivity index (χ4n) is 2.03. The number of hydrogen-bond acceptors (Lipinski definition) is 4. The van der Waals surface area contributed by atoms with Crippen LogP contribution in [0.15, 0.2) is 24.5 Å². The molecular weight excluding hydrogens is 204 g/mol. The van der Waals surface area contributed by atoms with Crippen LogP contribution < -0.4 is 4.90 Å². The van der Waals surface area contributed by atoms with E-state index < -0.39 is 5.60 Å². The molecule has 1 aliphatic rings. The van der Waals surface area contributed by atoms with E-state index in [0.29, 0.717) is 13.1 Å². The van der Waals surface area contributed by atoms with Gasteiger partial charge in [-0.15, -0.1) is 0 Å². The largest absolute Gasteiger partial charge is 0.386 e. The van der Waals surface area contributed by atoms with Gasteiger partial charge in [0.1, 0.15) is 5.82 Å². The Morgan fingerprint density at radius 1 is 1.44 bits per heavy atom. The van der Waals surface area contributed by atoms with Gasteiger partial charge in [0, 0.05) is 25.4 Å². The van der Waals surface area contributed by atoms with E-state index in [1.165, 1.54) is 0 Å². The summed E-state index contributed by atoms with van der Waals surface area (Å²) in [7, 11) is 0. The lowest BCUT2D eigenvalue weighted by molar-refractivity contribution is 0.00808. The van der Waals surface area contributed by atoms with Crippen LogP contribution in [0.1, 0.15) is 13.3 Å². The number of nitrogens with zero attached hydrogens (tertiary/aromatic N) is 4. The summed E-state index contributed by atoms with van der Waals surface area (Å²) in [6.07, 6.45) is 4.41. The van der Waals surface area contributed by atoms with Crippen molar-refractivity contribution in [2.45, 2.75) is 18.9 Å². The van der Waals surface area contributed by atoms with Crippen molar-refractivity contribution in [2.24, 2.45) is 0 Å². The Kier molecular flexibility index (Phi) is 1.91. The fourth-order valence-corrected chi connectivity index (χ4v) is 2.03. The lowest BCUT2D eigenvalue weighted by atomic mass is 9.91. The van der Waals surface area contributed by atoms with Gasteiger partial charge in [-0.1, -0.05) is 6.92 Å². The third-order valence-corrected chi connectivity index (χ3v) is 3.20. The molecule has 0 radical (unpaired) electrons. The van der Waals surface area contributed by atoms with Gasteiger partial charge in [0.05, 0.1) is 11.8 Å². The van der Waals surface area contributed by atoms with E-state index in [1.54, 1.807) is 10.7 Å². The molecular formula is C11H14N4O. The van der Waals surface area contributed by atoms with Crippen molar-refractivity contribution in [3.63, 3.8) is 0 Å². The predicted molar refractivity (Wildman–Crippen MR) is 60.4 cm³/mol. The molecule has 16 heavy (non-hydrogen) atoms. The van der Waals surface area contributed by atoms with Crippen molar-refractivity contribution < 1.29 is 5.11 Å². The molecule has 2 aromatic heterocycles. The molecule has 5 nitrogen and oxygen atoms in total. The fraction of sp³-hybridized carbons (Fsp3) is 0.455. The van der Waals surface area contributed by atoms with E-state index in [1.807, 2.05) is 25.3 Å². The first-order chi connectivity index (χ1) is 7.70. The van der Waals surface area contributed by atoms with Gasteiger partial charge in [0.2, 0.25) is 0 Å². The monoisotopic (exact) mass is 218 g/mol. The Bertz CT molecular complexity index is 515. The number of aromatic nitrogens is 3. The van der Waals surface area contributed by atoms with Crippen molar-refractivity contribution in [1.29, 1.82) is 0 Å². The number of hydrogen-bond donors (Lipinski definition) is 1. The maximum Gasteiger partial charge on any atom is 0.157 e. The first-order valence-corrected chi connectivity index (χ1v) is 5.48. The highest BCUT2D eigenvalue weighted by molar-refractivity contribution is 5.50. The summed E-state index contributed by atoms with van der Waals surface area (Å²) in [5.74, 6) is 0.908. The van der Waals surface area contributed by atoms with Crippen molar-refractivity contribution in [1.82, 2.24) is 14.6 Å². The molecule has 5 heteroatoms. The SMILES string of the molecule is CCC1(O)CN(c2ccn3nccc3n2)C1. The number of fused-ring (bicyclic) bond motifs is 1. The van der Waals surface area contributed by atoms with Crippen LogP contribution >= 0.6 is 0 Å². The molecule has 0 unspecified atom stereocenters. The number of rotatable bonds is 2. The number of aliphatic hydroxyl groups is 1. The van der Waals surface area contributed by atoms with Crippen LogP contribution in [0.2, 0.25) is 0 Å². The number of β-amino-alcohol motifs (C(OH)–C–C–N with tert-alkyl or cyclic N) is 1. The highest BCUT2D eigenvalue weighted by atomic mass is 16.3. The molecule has 1 N–H and O–H groups in total. The van der Waals surface area contributed by atoms with Gasteiger partial charge in [-0.25, -0.2) is 9.50 Å². The van der Waals surface area contributed by atoms with Gasteiger partial charge in [-0.2, -0.15) is 5.10 Å². The molecule has 0 aromatic carbocycles. The quantitative estimate of drug-likeness (QED) is 0.805. The predicted octanol–water partition coefficient (Wildman–Crippen LogP) is 0.690. The van der Waals surface area contributed by atoms with E-state index in [9.17, 15) is 5.11 Å².